The summed E-state index contributed by atoms with van der Waals surface area (Å²) in [6.45, 7) is 1.88. The Kier molecular flexibility index (Phi) is 4.05. The molecule has 4 rings (SSSR count). The number of aryl methyl sites for hydroxylation is 1. The zero-order chi connectivity index (χ0) is 18.1. The fourth-order valence-electron chi connectivity index (χ4n) is 2.79. The number of halogens is 2. The Morgan fingerprint density at radius 3 is 2.46 bits per heavy atom. The van der Waals surface area contributed by atoms with Crippen LogP contribution in [0.2, 0.25) is 0 Å². The maximum atomic E-state index is 14.2. The Hall–Kier alpha value is -3.34. The van der Waals surface area contributed by atoms with Crippen LogP contribution in [0.3, 0.4) is 0 Å². The fraction of sp³-hybridized carbons (Fsp3) is 0.0476. The van der Waals surface area contributed by atoms with E-state index in [1.807, 2.05) is 31.2 Å². The number of aromatic nitrogens is 2. The molecule has 5 heteroatoms. The van der Waals surface area contributed by atoms with E-state index in [1.54, 1.807) is 24.3 Å². The number of benzene rings is 3. The van der Waals surface area contributed by atoms with Crippen molar-refractivity contribution in [1.29, 1.82) is 0 Å². The van der Waals surface area contributed by atoms with Crippen molar-refractivity contribution in [2.24, 2.45) is 0 Å². The molecule has 0 spiro atoms. The molecule has 1 aromatic heterocycles. The van der Waals surface area contributed by atoms with Gasteiger partial charge in [-0.1, -0.05) is 30.3 Å². The summed E-state index contributed by atoms with van der Waals surface area (Å²) in [5.74, 6) is 0.0439. The monoisotopic (exact) mass is 347 g/mol. The average Bonchev–Trinajstić information content (AvgIpc) is 2.65. The van der Waals surface area contributed by atoms with Crippen LogP contribution in [0.15, 0.2) is 66.7 Å². The predicted molar refractivity (Wildman–Crippen MR) is 99.4 cm³/mol. The first kappa shape index (κ1) is 16.1. The third-order valence-electron chi connectivity index (χ3n) is 4.17. The molecule has 0 fully saturated rings. The molecule has 0 aliphatic heterocycles. The van der Waals surface area contributed by atoms with Crippen LogP contribution in [0.1, 0.15) is 5.56 Å². The lowest BCUT2D eigenvalue weighted by atomic mass is 10.1. The van der Waals surface area contributed by atoms with Crippen LogP contribution < -0.4 is 5.32 Å². The average molecular weight is 347 g/mol. The summed E-state index contributed by atoms with van der Waals surface area (Å²) >= 11 is 0. The standard InChI is InChI=1S/C21H15F2N3/c1-13-10-11-14(22)12-19(13)25-21-16-7-3-5-9-18(16)24-20(26-21)15-6-2-4-8-17(15)23/h2-12H,1H3,(H,24,25,26). The minimum atomic E-state index is -0.393. The van der Waals surface area contributed by atoms with Crippen molar-refractivity contribution >= 4 is 22.4 Å². The highest BCUT2D eigenvalue weighted by atomic mass is 19.1. The summed E-state index contributed by atoms with van der Waals surface area (Å²) in [6, 6.07) is 18.3. The lowest BCUT2D eigenvalue weighted by Gasteiger charge is -2.13. The van der Waals surface area contributed by atoms with E-state index in [0.717, 1.165) is 10.9 Å². The number of nitrogens with one attached hydrogen (secondary N) is 1. The highest BCUT2D eigenvalue weighted by molar-refractivity contribution is 5.92. The molecule has 0 saturated heterocycles. The first-order valence-electron chi connectivity index (χ1n) is 8.17. The molecule has 3 nitrogen and oxygen atoms in total. The first-order chi connectivity index (χ1) is 12.6. The van der Waals surface area contributed by atoms with Crippen LogP contribution in [-0.2, 0) is 0 Å². The molecule has 1 heterocycles. The molecule has 0 atom stereocenters. The highest BCUT2D eigenvalue weighted by Gasteiger charge is 2.13. The summed E-state index contributed by atoms with van der Waals surface area (Å²) in [5, 5.41) is 3.95. The molecular weight excluding hydrogens is 332 g/mol. The van der Waals surface area contributed by atoms with Gasteiger partial charge in [0.15, 0.2) is 5.82 Å². The maximum Gasteiger partial charge on any atom is 0.165 e. The second kappa shape index (κ2) is 6.52. The van der Waals surface area contributed by atoms with Crippen LogP contribution >= 0.6 is 0 Å². The van der Waals surface area contributed by atoms with Crippen molar-refractivity contribution in [3.8, 4) is 11.4 Å². The summed E-state index contributed by atoms with van der Waals surface area (Å²) in [7, 11) is 0. The van der Waals surface area contributed by atoms with Crippen LogP contribution in [0.5, 0.6) is 0 Å². The van der Waals surface area contributed by atoms with Gasteiger partial charge in [0.05, 0.1) is 11.1 Å². The van der Waals surface area contributed by atoms with Crippen molar-refractivity contribution in [3.63, 3.8) is 0 Å². The van der Waals surface area contributed by atoms with Crippen LogP contribution in [0.4, 0.5) is 20.3 Å². The molecule has 4 aromatic rings. The molecule has 0 bridgehead atoms. The molecule has 0 radical (unpaired) electrons. The third-order valence-corrected chi connectivity index (χ3v) is 4.17. The number of para-hydroxylation sites is 1. The number of hydrogen-bond donors (Lipinski definition) is 1. The number of rotatable bonds is 3. The van der Waals surface area contributed by atoms with E-state index in [4.69, 9.17) is 0 Å². The minimum Gasteiger partial charge on any atom is -0.339 e. The molecule has 1 N–H and O–H groups in total. The fourth-order valence-corrected chi connectivity index (χ4v) is 2.79. The SMILES string of the molecule is Cc1ccc(F)cc1Nc1nc(-c2ccccc2F)nc2ccccc12. The minimum absolute atomic E-state index is 0.276. The van der Waals surface area contributed by atoms with Gasteiger partial charge in [0.25, 0.3) is 0 Å². The van der Waals surface area contributed by atoms with Gasteiger partial charge in [-0.05, 0) is 48.9 Å². The highest BCUT2D eigenvalue weighted by Crippen LogP contribution is 2.29. The number of hydrogen-bond acceptors (Lipinski definition) is 3. The van der Waals surface area contributed by atoms with Crippen molar-refractivity contribution in [2.45, 2.75) is 6.92 Å². The van der Waals surface area contributed by atoms with Gasteiger partial charge in [-0.3, -0.25) is 0 Å². The lowest BCUT2D eigenvalue weighted by Crippen LogP contribution is -2.01. The second-order valence-electron chi connectivity index (χ2n) is 5.98. The molecule has 0 saturated carbocycles. The zero-order valence-electron chi connectivity index (χ0n) is 14.0. The Labute approximate surface area is 149 Å². The zero-order valence-corrected chi connectivity index (χ0v) is 14.0. The van der Waals surface area contributed by atoms with E-state index >= 15 is 0 Å². The van der Waals surface area contributed by atoms with Crippen molar-refractivity contribution in [2.75, 3.05) is 5.32 Å². The molecule has 3 aromatic carbocycles. The molecule has 0 aliphatic rings. The van der Waals surface area contributed by atoms with Crippen LogP contribution in [0.25, 0.3) is 22.3 Å². The maximum absolute atomic E-state index is 14.2. The summed E-state index contributed by atoms with van der Waals surface area (Å²) in [6.07, 6.45) is 0. The van der Waals surface area contributed by atoms with E-state index in [9.17, 15) is 8.78 Å². The van der Waals surface area contributed by atoms with E-state index in [1.165, 1.54) is 18.2 Å². The van der Waals surface area contributed by atoms with Crippen LogP contribution in [0, 0.1) is 18.6 Å². The normalized spacial score (nSPS) is 10.9. The van der Waals surface area contributed by atoms with Gasteiger partial charge in [0.1, 0.15) is 17.5 Å². The summed E-state index contributed by atoms with van der Waals surface area (Å²) < 4.78 is 27.8. The quantitative estimate of drug-likeness (QED) is 0.522. The lowest BCUT2D eigenvalue weighted by molar-refractivity contribution is 0.628. The van der Waals surface area contributed by atoms with E-state index in [-0.39, 0.29) is 11.6 Å². The van der Waals surface area contributed by atoms with E-state index in [2.05, 4.69) is 15.3 Å². The van der Waals surface area contributed by atoms with Crippen molar-refractivity contribution < 1.29 is 8.78 Å². The molecule has 0 unspecified atom stereocenters. The summed E-state index contributed by atoms with van der Waals surface area (Å²) in [4.78, 5) is 9.00. The molecule has 0 aliphatic carbocycles. The molecule has 26 heavy (non-hydrogen) atoms. The van der Waals surface area contributed by atoms with Gasteiger partial charge in [0.2, 0.25) is 0 Å². The predicted octanol–water partition coefficient (Wildman–Crippen LogP) is 5.63. The van der Waals surface area contributed by atoms with Crippen molar-refractivity contribution in [1.82, 2.24) is 9.97 Å². The molecule has 0 amide bonds. The van der Waals surface area contributed by atoms with Crippen LogP contribution in [-0.4, -0.2) is 9.97 Å². The topological polar surface area (TPSA) is 37.8 Å². The van der Waals surface area contributed by atoms with Crippen molar-refractivity contribution in [3.05, 3.63) is 83.9 Å². The third kappa shape index (κ3) is 2.99. The van der Waals surface area contributed by atoms with Gasteiger partial charge in [-0.25, -0.2) is 18.7 Å². The Morgan fingerprint density at radius 2 is 1.62 bits per heavy atom. The van der Waals surface area contributed by atoms with Gasteiger partial charge in [0, 0.05) is 11.1 Å². The Morgan fingerprint density at radius 1 is 0.846 bits per heavy atom. The molecular formula is C21H15F2N3. The smallest absolute Gasteiger partial charge is 0.165 e. The van der Waals surface area contributed by atoms with Gasteiger partial charge < -0.3 is 5.32 Å². The van der Waals surface area contributed by atoms with Gasteiger partial charge in [-0.2, -0.15) is 0 Å². The molecule has 128 valence electrons. The number of nitrogens with zero attached hydrogens (tertiary/aromatic N) is 2. The van der Waals surface area contributed by atoms with Gasteiger partial charge >= 0.3 is 0 Å². The Bertz CT molecular complexity index is 1110. The Balaban J connectivity index is 1.90. The second-order valence-corrected chi connectivity index (χ2v) is 5.98. The number of fused-ring (bicyclic) bond motifs is 1. The largest absolute Gasteiger partial charge is 0.339 e. The van der Waals surface area contributed by atoms with E-state index < -0.39 is 5.82 Å². The van der Waals surface area contributed by atoms with Gasteiger partial charge in [-0.15, -0.1) is 0 Å². The first-order valence-corrected chi connectivity index (χ1v) is 8.17. The number of anilines is 2. The van der Waals surface area contributed by atoms with E-state index in [0.29, 0.717) is 22.6 Å². The summed E-state index contributed by atoms with van der Waals surface area (Å²) in [5.41, 5.74) is 2.48.